The zero-order valence-electron chi connectivity index (χ0n) is 10.1. The van der Waals surface area contributed by atoms with E-state index in [9.17, 15) is 0 Å². The van der Waals surface area contributed by atoms with Gasteiger partial charge in [0, 0.05) is 24.4 Å². The van der Waals surface area contributed by atoms with E-state index in [1.807, 2.05) is 29.1 Å². The van der Waals surface area contributed by atoms with Crippen LogP contribution in [0.4, 0.5) is 0 Å². The summed E-state index contributed by atoms with van der Waals surface area (Å²) in [6.07, 6.45) is 4.71. The van der Waals surface area contributed by atoms with Gasteiger partial charge in [-0.05, 0) is 18.3 Å². The first kappa shape index (κ1) is 11.3. The van der Waals surface area contributed by atoms with Gasteiger partial charge in [-0.3, -0.25) is 0 Å². The average molecular weight is 262 g/mol. The van der Waals surface area contributed by atoms with E-state index in [0.717, 1.165) is 28.3 Å². The maximum absolute atomic E-state index is 5.83. The van der Waals surface area contributed by atoms with E-state index in [4.69, 9.17) is 21.7 Å². The molecule has 1 N–H and O–H groups in total. The number of methoxy groups -OCH3 is 1. The lowest BCUT2D eigenvalue weighted by atomic mass is 10.0. The SMILES string of the molecule is COc1cccc2c1OCC(n1cc[nH]c1=S)C2. The molecule has 0 aliphatic carbocycles. The molecule has 1 aliphatic heterocycles. The van der Waals surface area contributed by atoms with Gasteiger partial charge in [0.15, 0.2) is 16.3 Å². The number of hydrogen-bond acceptors (Lipinski definition) is 3. The number of ether oxygens (including phenoxy) is 2. The van der Waals surface area contributed by atoms with Crippen molar-refractivity contribution in [3.63, 3.8) is 0 Å². The van der Waals surface area contributed by atoms with Crippen molar-refractivity contribution < 1.29 is 9.47 Å². The van der Waals surface area contributed by atoms with E-state index >= 15 is 0 Å². The number of rotatable bonds is 2. The number of benzene rings is 1. The van der Waals surface area contributed by atoms with Gasteiger partial charge in [0.25, 0.3) is 0 Å². The molecule has 0 radical (unpaired) electrons. The number of hydrogen-bond donors (Lipinski definition) is 1. The number of nitrogens with one attached hydrogen (secondary N) is 1. The molecule has 1 aliphatic rings. The minimum absolute atomic E-state index is 0.239. The Hall–Kier alpha value is -1.75. The van der Waals surface area contributed by atoms with Gasteiger partial charge in [0.2, 0.25) is 0 Å². The molecule has 0 amide bonds. The standard InChI is InChI=1S/C13H14N2O2S/c1-16-11-4-2-3-9-7-10(8-17-12(9)11)15-6-5-14-13(15)18/h2-6,10H,7-8H2,1H3,(H,14,18). The average Bonchev–Trinajstić information content (AvgIpc) is 2.83. The zero-order chi connectivity index (χ0) is 12.5. The van der Waals surface area contributed by atoms with Crippen molar-refractivity contribution in [2.75, 3.05) is 13.7 Å². The van der Waals surface area contributed by atoms with Crippen molar-refractivity contribution in [3.8, 4) is 11.5 Å². The van der Waals surface area contributed by atoms with Crippen LogP contribution in [0.1, 0.15) is 11.6 Å². The third kappa shape index (κ3) is 1.80. The molecule has 0 fully saturated rings. The molecule has 0 saturated heterocycles. The van der Waals surface area contributed by atoms with Crippen LogP contribution in [-0.2, 0) is 6.42 Å². The molecule has 4 nitrogen and oxygen atoms in total. The van der Waals surface area contributed by atoms with Gasteiger partial charge in [-0.25, -0.2) is 0 Å². The van der Waals surface area contributed by atoms with Gasteiger partial charge >= 0.3 is 0 Å². The first-order valence-corrected chi connectivity index (χ1v) is 6.24. The van der Waals surface area contributed by atoms with Crippen molar-refractivity contribution in [2.24, 2.45) is 0 Å². The highest BCUT2D eigenvalue weighted by atomic mass is 32.1. The topological polar surface area (TPSA) is 39.2 Å². The van der Waals surface area contributed by atoms with Gasteiger partial charge in [0.1, 0.15) is 6.61 Å². The molecule has 2 heterocycles. The third-order valence-corrected chi connectivity index (χ3v) is 3.55. The first-order chi connectivity index (χ1) is 8.79. The minimum atomic E-state index is 0.239. The van der Waals surface area contributed by atoms with Crippen LogP contribution in [0.3, 0.4) is 0 Å². The maximum Gasteiger partial charge on any atom is 0.177 e. The highest BCUT2D eigenvalue weighted by Crippen LogP contribution is 2.37. The largest absolute Gasteiger partial charge is 0.493 e. The lowest BCUT2D eigenvalue weighted by molar-refractivity contribution is 0.213. The van der Waals surface area contributed by atoms with E-state index in [1.54, 1.807) is 7.11 Å². The van der Waals surface area contributed by atoms with Crippen LogP contribution in [0.5, 0.6) is 11.5 Å². The van der Waals surface area contributed by atoms with Crippen LogP contribution in [0.25, 0.3) is 0 Å². The summed E-state index contributed by atoms with van der Waals surface area (Å²) in [7, 11) is 1.66. The zero-order valence-corrected chi connectivity index (χ0v) is 10.9. The molecular formula is C13H14N2O2S. The fourth-order valence-electron chi connectivity index (χ4n) is 2.34. The normalized spacial score (nSPS) is 17.9. The van der Waals surface area contributed by atoms with Crippen molar-refractivity contribution in [3.05, 3.63) is 40.9 Å². The molecular weight excluding hydrogens is 248 g/mol. The summed E-state index contributed by atoms with van der Waals surface area (Å²) in [6, 6.07) is 6.21. The number of aromatic nitrogens is 2. The Morgan fingerprint density at radius 1 is 1.50 bits per heavy atom. The molecule has 2 aromatic rings. The van der Waals surface area contributed by atoms with Crippen molar-refractivity contribution in [1.29, 1.82) is 0 Å². The second-order valence-corrected chi connectivity index (χ2v) is 4.68. The smallest absolute Gasteiger partial charge is 0.177 e. The fourth-order valence-corrected chi connectivity index (χ4v) is 2.61. The first-order valence-electron chi connectivity index (χ1n) is 5.84. The van der Waals surface area contributed by atoms with Crippen molar-refractivity contribution in [1.82, 2.24) is 9.55 Å². The van der Waals surface area contributed by atoms with E-state index < -0.39 is 0 Å². The van der Waals surface area contributed by atoms with Crippen LogP contribution in [0, 0.1) is 4.77 Å². The highest BCUT2D eigenvalue weighted by molar-refractivity contribution is 7.71. The van der Waals surface area contributed by atoms with E-state index in [2.05, 4.69) is 11.1 Å². The summed E-state index contributed by atoms with van der Waals surface area (Å²) >= 11 is 5.24. The van der Waals surface area contributed by atoms with Crippen LogP contribution in [0.15, 0.2) is 30.6 Å². The number of imidazole rings is 1. The van der Waals surface area contributed by atoms with Gasteiger partial charge in [-0.2, -0.15) is 0 Å². The highest BCUT2D eigenvalue weighted by Gasteiger charge is 2.23. The molecule has 3 rings (SSSR count). The summed E-state index contributed by atoms with van der Waals surface area (Å²) in [4.78, 5) is 3.01. The quantitative estimate of drug-likeness (QED) is 0.846. The summed E-state index contributed by atoms with van der Waals surface area (Å²) in [5.74, 6) is 1.65. The monoisotopic (exact) mass is 262 g/mol. The predicted octanol–water partition coefficient (Wildman–Crippen LogP) is 2.73. The van der Waals surface area contributed by atoms with Gasteiger partial charge in [-0.15, -0.1) is 0 Å². The van der Waals surface area contributed by atoms with Gasteiger partial charge < -0.3 is 19.0 Å². The minimum Gasteiger partial charge on any atom is -0.493 e. The summed E-state index contributed by atoms with van der Waals surface area (Å²) in [6.45, 7) is 0.611. The Morgan fingerprint density at radius 3 is 3.11 bits per heavy atom. The van der Waals surface area contributed by atoms with Gasteiger partial charge in [0.05, 0.1) is 13.2 Å². The lowest BCUT2D eigenvalue weighted by Gasteiger charge is -2.27. The van der Waals surface area contributed by atoms with Crippen LogP contribution in [-0.4, -0.2) is 23.3 Å². The predicted molar refractivity (Wildman–Crippen MR) is 70.8 cm³/mol. The number of aromatic amines is 1. The Morgan fingerprint density at radius 2 is 2.39 bits per heavy atom. The molecule has 94 valence electrons. The Kier molecular flexibility index (Phi) is 2.83. The molecule has 1 unspecified atom stereocenters. The number of H-pyrrole nitrogens is 1. The van der Waals surface area contributed by atoms with Crippen molar-refractivity contribution in [2.45, 2.75) is 12.5 Å². The lowest BCUT2D eigenvalue weighted by Crippen LogP contribution is -2.24. The van der Waals surface area contributed by atoms with Crippen LogP contribution in [0.2, 0.25) is 0 Å². The van der Waals surface area contributed by atoms with Crippen LogP contribution >= 0.6 is 12.2 Å². The summed E-state index contributed by atoms with van der Waals surface area (Å²) < 4.78 is 13.9. The third-order valence-electron chi connectivity index (χ3n) is 3.23. The second kappa shape index (κ2) is 4.49. The van der Waals surface area contributed by atoms with E-state index in [0.29, 0.717) is 6.61 Å². The molecule has 0 bridgehead atoms. The van der Waals surface area contributed by atoms with Gasteiger partial charge in [-0.1, -0.05) is 12.1 Å². The van der Waals surface area contributed by atoms with E-state index in [-0.39, 0.29) is 6.04 Å². The fraction of sp³-hybridized carbons (Fsp3) is 0.308. The maximum atomic E-state index is 5.83. The molecule has 1 atom stereocenters. The summed E-state index contributed by atoms with van der Waals surface area (Å²) in [5.41, 5.74) is 1.16. The molecule has 18 heavy (non-hydrogen) atoms. The molecule has 5 heteroatoms. The molecule has 0 spiro atoms. The molecule has 1 aromatic heterocycles. The Balaban J connectivity index is 1.95. The van der Waals surface area contributed by atoms with Crippen LogP contribution < -0.4 is 9.47 Å². The van der Waals surface area contributed by atoms with E-state index in [1.165, 1.54) is 0 Å². The summed E-state index contributed by atoms with van der Waals surface area (Å²) in [5, 5.41) is 0. The number of para-hydroxylation sites is 1. The number of nitrogens with zero attached hydrogens (tertiary/aromatic N) is 1. The second-order valence-electron chi connectivity index (χ2n) is 4.29. The Labute approximate surface area is 110 Å². The van der Waals surface area contributed by atoms with Crippen molar-refractivity contribution >= 4 is 12.2 Å². The Bertz CT molecular complexity index is 617. The number of fused-ring (bicyclic) bond motifs is 1. The molecule has 1 aromatic carbocycles. The molecule has 0 saturated carbocycles.